The van der Waals surface area contributed by atoms with Crippen LogP contribution in [-0.2, 0) is 16.1 Å². The Morgan fingerprint density at radius 1 is 1.26 bits per heavy atom. The Hall–Kier alpha value is -2.21. The number of nitrogens with one attached hydrogen (secondary N) is 1. The highest BCUT2D eigenvalue weighted by molar-refractivity contribution is 5.77. The molecule has 1 N–H and O–H groups in total. The quantitative estimate of drug-likeness (QED) is 0.704. The first-order valence-corrected chi connectivity index (χ1v) is 7.49. The van der Waals surface area contributed by atoms with E-state index in [4.69, 9.17) is 14.3 Å². The number of rotatable bonds is 9. The number of benzene rings is 1. The molecule has 1 unspecified atom stereocenters. The van der Waals surface area contributed by atoms with Crippen LogP contribution in [0.1, 0.15) is 42.6 Å². The molecule has 0 bridgehead atoms. The summed E-state index contributed by atoms with van der Waals surface area (Å²) < 4.78 is 5.21. The fourth-order valence-corrected chi connectivity index (χ4v) is 2.05. The van der Waals surface area contributed by atoms with Gasteiger partial charge in [-0.05, 0) is 44.2 Å². The first-order chi connectivity index (χ1) is 11.0. The van der Waals surface area contributed by atoms with Crippen LogP contribution in [0.3, 0.4) is 0 Å². The summed E-state index contributed by atoms with van der Waals surface area (Å²) in [5.74, 6) is 0.798. The van der Waals surface area contributed by atoms with E-state index >= 15 is 0 Å². The highest BCUT2D eigenvalue weighted by Gasteiger charge is 2.11. The van der Waals surface area contributed by atoms with Crippen LogP contribution in [0.4, 0.5) is 0 Å². The minimum absolute atomic E-state index is 0.312. The molecular weight excluding hydrogens is 296 g/mol. The van der Waals surface area contributed by atoms with Crippen molar-refractivity contribution in [1.29, 1.82) is 0 Å². The van der Waals surface area contributed by atoms with E-state index in [2.05, 4.69) is 25.8 Å². The lowest BCUT2D eigenvalue weighted by Gasteiger charge is -2.25. The highest BCUT2D eigenvalue weighted by atomic mass is 16.5. The van der Waals surface area contributed by atoms with Gasteiger partial charge in [0.05, 0.1) is 7.11 Å². The molecule has 0 saturated heterocycles. The number of imide groups is 1. The van der Waals surface area contributed by atoms with E-state index in [-0.39, 0.29) is 0 Å². The summed E-state index contributed by atoms with van der Waals surface area (Å²) in [7, 11) is 3.73. The Bertz CT molecular complexity index is 485. The molecule has 0 fully saturated rings. The first-order valence-electron chi connectivity index (χ1n) is 7.49. The van der Waals surface area contributed by atoms with Gasteiger partial charge in [0, 0.05) is 18.2 Å². The molecule has 0 aromatic heterocycles. The van der Waals surface area contributed by atoms with Crippen LogP contribution in [0.5, 0.6) is 5.75 Å². The van der Waals surface area contributed by atoms with Crippen molar-refractivity contribution in [3.63, 3.8) is 0 Å². The van der Waals surface area contributed by atoms with Crippen molar-refractivity contribution in [3.05, 3.63) is 29.3 Å². The molecule has 0 aliphatic heterocycles. The molecule has 2 amide bonds. The van der Waals surface area contributed by atoms with E-state index in [9.17, 15) is 4.79 Å². The average molecular weight is 322 g/mol. The summed E-state index contributed by atoms with van der Waals surface area (Å²) in [6, 6.07) is 6.10. The van der Waals surface area contributed by atoms with Crippen LogP contribution in [0.15, 0.2) is 18.2 Å². The lowest BCUT2D eigenvalue weighted by Crippen LogP contribution is -2.28. The lowest BCUT2D eigenvalue weighted by molar-refractivity contribution is -0.117. The van der Waals surface area contributed by atoms with Crippen LogP contribution in [0.25, 0.3) is 0 Å². The summed E-state index contributed by atoms with van der Waals surface area (Å²) in [6.07, 6.45) is 3.87. The maximum Gasteiger partial charge on any atom is 0.213 e. The molecule has 0 heterocycles. The van der Waals surface area contributed by atoms with Crippen molar-refractivity contribution in [3.8, 4) is 5.75 Å². The molecule has 0 saturated carbocycles. The van der Waals surface area contributed by atoms with Crippen molar-refractivity contribution >= 4 is 19.1 Å². The average Bonchev–Trinajstić information content (AvgIpc) is 2.56. The third-order valence-electron chi connectivity index (χ3n) is 3.49. The second-order valence-electron chi connectivity index (χ2n) is 5.14. The van der Waals surface area contributed by atoms with Gasteiger partial charge < -0.3 is 10.1 Å². The fourth-order valence-electron chi connectivity index (χ4n) is 2.05. The van der Waals surface area contributed by atoms with Gasteiger partial charge in [-0.15, -0.1) is 0 Å². The predicted molar refractivity (Wildman–Crippen MR) is 89.5 cm³/mol. The number of amides is 2. The molecule has 0 aliphatic carbocycles. The summed E-state index contributed by atoms with van der Waals surface area (Å²) in [4.78, 5) is 31.4. The number of ether oxygens (including phenoxy) is 1. The number of aldehydes is 1. The van der Waals surface area contributed by atoms with Crippen molar-refractivity contribution < 1.29 is 19.1 Å². The number of nitrogens with zero attached hydrogens (tertiary/aromatic N) is 1. The molecule has 1 aromatic carbocycles. The largest absolute Gasteiger partial charge is 0.497 e. The topological polar surface area (TPSA) is 75.7 Å². The zero-order valence-corrected chi connectivity index (χ0v) is 14.2. The maximum absolute atomic E-state index is 11.0. The van der Waals surface area contributed by atoms with Crippen LogP contribution in [0, 0.1) is 0 Å². The molecule has 1 aromatic rings. The number of hydrogen-bond donors (Lipinski definition) is 1. The van der Waals surface area contributed by atoms with Crippen molar-refractivity contribution in [2.45, 2.75) is 39.3 Å². The molecule has 128 valence electrons. The Labute approximate surface area is 137 Å². The third kappa shape index (κ3) is 8.11. The highest BCUT2D eigenvalue weighted by Crippen LogP contribution is 2.19. The fraction of sp³-hybridized carbons (Fsp3) is 0.471. The van der Waals surface area contributed by atoms with E-state index < -0.39 is 0 Å². The standard InChI is InChI=1S/C15H23NO2.C2H3NO2/c1-5-6-12(2)16(3)10-14-9-15(18-4)8-7-13(14)11-17;4-1-3-2-5/h7-9,11-12H,5-6,10H2,1-4H3;1-2H,(H,3,4,5). The van der Waals surface area contributed by atoms with E-state index in [1.54, 1.807) is 12.4 Å². The van der Waals surface area contributed by atoms with Gasteiger partial charge in [-0.2, -0.15) is 0 Å². The van der Waals surface area contributed by atoms with Gasteiger partial charge in [-0.3, -0.25) is 19.3 Å². The molecular formula is C17H26N2O4. The van der Waals surface area contributed by atoms with Crippen molar-refractivity contribution in [1.82, 2.24) is 10.2 Å². The predicted octanol–water partition coefficient (Wildman–Crippen LogP) is 2.02. The Morgan fingerprint density at radius 3 is 2.35 bits per heavy atom. The van der Waals surface area contributed by atoms with Gasteiger partial charge >= 0.3 is 0 Å². The minimum atomic E-state index is 0.312. The number of methoxy groups -OCH3 is 1. The zero-order chi connectivity index (χ0) is 17.7. The number of carbonyl (C=O) groups excluding carboxylic acids is 3. The SMILES string of the molecule is CCCC(C)N(C)Cc1cc(OC)ccc1C=O.O=CNC=O. The van der Waals surface area contributed by atoms with Crippen LogP contribution < -0.4 is 10.1 Å². The summed E-state index contributed by atoms with van der Waals surface area (Å²) in [5, 5.41) is 1.75. The van der Waals surface area contributed by atoms with E-state index in [1.807, 2.05) is 18.2 Å². The number of carbonyl (C=O) groups is 3. The van der Waals surface area contributed by atoms with Gasteiger partial charge in [-0.25, -0.2) is 0 Å². The molecule has 23 heavy (non-hydrogen) atoms. The molecule has 6 heteroatoms. The van der Waals surface area contributed by atoms with Crippen LogP contribution in [0.2, 0.25) is 0 Å². The van der Waals surface area contributed by atoms with Crippen LogP contribution in [-0.4, -0.2) is 44.2 Å². The second kappa shape index (κ2) is 12.3. The number of hydrogen-bond acceptors (Lipinski definition) is 5. The first kappa shape index (κ1) is 20.8. The van der Waals surface area contributed by atoms with Gasteiger partial charge in [0.25, 0.3) is 0 Å². The third-order valence-corrected chi connectivity index (χ3v) is 3.49. The maximum atomic E-state index is 11.0. The molecule has 1 atom stereocenters. The summed E-state index contributed by atoms with van der Waals surface area (Å²) >= 11 is 0. The second-order valence-corrected chi connectivity index (χ2v) is 5.14. The Morgan fingerprint density at radius 2 is 1.91 bits per heavy atom. The molecule has 1 rings (SSSR count). The Kier molecular flexibility index (Phi) is 11.2. The summed E-state index contributed by atoms with van der Waals surface area (Å²) in [5.41, 5.74) is 1.76. The van der Waals surface area contributed by atoms with E-state index in [0.717, 1.165) is 36.1 Å². The van der Waals surface area contributed by atoms with Crippen molar-refractivity contribution in [2.24, 2.45) is 0 Å². The summed E-state index contributed by atoms with van der Waals surface area (Å²) in [6.45, 7) is 5.17. The zero-order valence-electron chi connectivity index (χ0n) is 14.2. The van der Waals surface area contributed by atoms with E-state index in [0.29, 0.717) is 18.9 Å². The monoisotopic (exact) mass is 322 g/mol. The van der Waals surface area contributed by atoms with Crippen molar-refractivity contribution in [2.75, 3.05) is 14.2 Å². The van der Waals surface area contributed by atoms with Crippen LogP contribution >= 0.6 is 0 Å². The molecule has 0 aliphatic rings. The van der Waals surface area contributed by atoms with Gasteiger partial charge in [-0.1, -0.05) is 13.3 Å². The van der Waals surface area contributed by atoms with Gasteiger partial charge in [0.1, 0.15) is 12.0 Å². The molecule has 6 nitrogen and oxygen atoms in total. The van der Waals surface area contributed by atoms with Gasteiger partial charge in [0.15, 0.2) is 0 Å². The normalized spacial score (nSPS) is 11.0. The molecule has 0 spiro atoms. The Balaban J connectivity index is 0.000000841. The minimum Gasteiger partial charge on any atom is -0.497 e. The molecule has 0 radical (unpaired) electrons. The smallest absolute Gasteiger partial charge is 0.213 e. The van der Waals surface area contributed by atoms with E-state index in [1.165, 1.54) is 6.42 Å². The van der Waals surface area contributed by atoms with Gasteiger partial charge in [0.2, 0.25) is 12.8 Å². The lowest BCUT2D eigenvalue weighted by atomic mass is 10.1.